The Kier molecular flexibility index (Phi) is 4.03. The molecule has 0 atom stereocenters. The SMILES string of the molecule is COC(=O)/C=C/CNC(=O)c1cn2c(n1)SCC2. The molecule has 0 aliphatic carbocycles. The van der Waals surface area contributed by atoms with E-state index in [-0.39, 0.29) is 12.5 Å². The number of nitrogens with one attached hydrogen (secondary N) is 1. The van der Waals surface area contributed by atoms with Crippen LogP contribution in [0, 0.1) is 0 Å². The number of carbonyl (C=O) groups excluding carboxylic acids is 2. The molecule has 18 heavy (non-hydrogen) atoms. The van der Waals surface area contributed by atoms with Crippen LogP contribution in [0.15, 0.2) is 23.5 Å². The van der Waals surface area contributed by atoms with Crippen LogP contribution >= 0.6 is 11.8 Å². The Balaban J connectivity index is 1.84. The maximum atomic E-state index is 11.7. The Labute approximate surface area is 108 Å². The van der Waals surface area contributed by atoms with Crippen molar-refractivity contribution in [3.8, 4) is 0 Å². The maximum absolute atomic E-state index is 11.7. The number of aromatic nitrogens is 2. The molecule has 0 bridgehead atoms. The molecule has 0 spiro atoms. The van der Waals surface area contributed by atoms with E-state index < -0.39 is 5.97 Å². The number of aryl methyl sites for hydroxylation is 1. The molecule has 96 valence electrons. The zero-order valence-corrected chi connectivity index (χ0v) is 10.7. The monoisotopic (exact) mass is 267 g/mol. The summed E-state index contributed by atoms with van der Waals surface area (Å²) in [5.41, 5.74) is 0.406. The van der Waals surface area contributed by atoms with Crippen molar-refractivity contribution in [1.29, 1.82) is 0 Å². The minimum atomic E-state index is -0.443. The van der Waals surface area contributed by atoms with Crippen molar-refractivity contribution in [3.05, 3.63) is 24.0 Å². The van der Waals surface area contributed by atoms with Gasteiger partial charge in [-0.2, -0.15) is 0 Å². The van der Waals surface area contributed by atoms with Gasteiger partial charge in [-0.3, -0.25) is 4.79 Å². The van der Waals surface area contributed by atoms with Gasteiger partial charge in [0.15, 0.2) is 5.16 Å². The molecule has 0 saturated carbocycles. The normalized spacial score (nSPS) is 13.6. The summed E-state index contributed by atoms with van der Waals surface area (Å²) in [6.45, 7) is 1.16. The standard InChI is InChI=1S/C11H13N3O3S/c1-17-9(15)3-2-4-12-10(16)8-7-14-5-6-18-11(14)13-8/h2-3,7H,4-6H2,1H3,(H,12,16)/b3-2+. The topological polar surface area (TPSA) is 73.2 Å². The number of imidazole rings is 1. The Morgan fingerprint density at radius 3 is 3.22 bits per heavy atom. The van der Waals surface area contributed by atoms with Gasteiger partial charge in [0.1, 0.15) is 5.69 Å². The molecule has 1 N–H and O–H groups in total. The lowest BCUT2D eigenvalue weighted by Crippen LogP contribution is -2.23. The average molecular weight is 267 g/mol. The van der Waals surface area contributed by atoms with Gasteiger partial charge in [-0.25, -0.2) is 9.78 Å². The van der Waals surface area contributed by atoms with Crippen LogP contribution in [0.5, 0.6) is 0 Å². The van der Waals surface area contributed by atoms with Crippen LogP contribution in [0.25, 0.3) is 0 Å². The van der Waals surface area contributed by atoms with Crippen LogP contribution in [0.2, 0.25) is 0 Å². The molecule has 1 aromatic heterocycles. The molecule has 1 amide bonds. The second kappa shape index (κ2) is 5.72. The molecule has 1 aliphatic rings. The third-order valence-electron chi connectivity index (χ3n) is 2.37. The minimum absolute atomic E-state index is 0.244. The number of rotatable bonds is 4. The Morgan fingerprint density at radius 1 is 1.67 bits per heavy atom. The van der Waals surface area contributed by atoms with E-state index in [2.05, 4.69) is 15.0 Å². The summed E-state index contributed by atoms with van der Waals surface area (Å²) in [4.78, 5) is 26.7. The summed E-state index contributed by atoms with van der Waals surface area (Å²) in [7, 11) is 1.30. The first-order valence-corrected chi connectivity index (χ1v) is 6.42. The minimum Gasteiger partial charge on any atom is -0.466 e. The predicted molar refractivity (Wildman–Crippen MR) is 66.4 cm³/mol. The van der Waals surface area contributed by atoms with E-state index in [9.17, 15) is 9.59 Å². The van der Waals surface area contributed by atoms with Crippen LogP contribution in [0.1, 0.15) is 10.5 Å². The van der Waals surface area contributed by atoms with Gasteiger partial charge in [-0.05, 0) is 0 Å². The lowest BCUT2D eigenvalue weighted by molar-refractivity contribution is -0.134. The van der Waals surface area contributed by atoms with Crippen LogP contribution < -0.4 is 5.32 Å². The van der Waals surface area contributed by atoms with Crippen LogP contribution in [0.3, 0.4) is 0 Å². The van der Waals surface area contributed by atoms with Gasteiger partial charge in [-0.15, -0.1) is 0 Å². The Morgan fingerprint density at radius 2 is 2.50 bits per heavy atom. The number of carbonyl (C=O) groups is 2. The maximum Gasteiger partial charge on any atom is 0.330 e. The molecule has 6 nitrogen and oxygen atoms in total. The van der Waals surface area contributed by atoms with E-state index >= 15 is 0 Å². The summed E-state index contributed by atoms with van der Waals surface area (Å²) in [6.07, 6.45) is 4.54. The molecule has 2 heterocycles. The molecule has 1 aromatic rings. The number of thioether (sulfide) groups is 1. The van der Waals surface area contributed by atoms with E-state index in [1.807, 2.05) is 4.57 Å². The molecule has 7 heteroatoms. The molecule has 0 aromatic carbocycles. The zero-order valence-electron chi connectivity index (χ0n) is 9.88. The van der Waals surface area contributed by atoms with Gasteiger partial charge >= 0.3 is 5.97 Å². The molecular formula is C11H13N3O3S. The van der Waals surface area contributed by atoms with Crippen molar-refractivity contribution in [2.24, 2.45) is 0 Å². The van der Waals surface area contributed by atoms with Crippen molar-refractivity contribution in [2.45, 2.75) is 11.7 Å². The molecule has 2 rings (SSSR count). The Bertz CT molecular complexity index is 474. The van der Waals surface area contributed by atoms with E-state index in [0.717, 1.165) is 17.5 Å². The smallest absolute Gasteiger partial charge is 0.330 e. The van der Waals surface area contributed by atoms with Gasteiger partial charge in [0, 0.05) is 31.1 Å². The number of hydrogen-bond acceptors (Lipinski definition) is 5. The lowest BCUT2D eigenvalue weighted by Gasteiger charge is -1.98. The summed E-state index contributed by atoms with van der Waals surface area (Å²) < 4.78 is 6.39. The highest BCUT2D eigenvalue weighted by atomic mass is 32.2. The number of amides is 1. The van der Waals surface area contributed by atoms with Crippen molar-refractivity contribution >= 4 is 23.6 Å². The van der Waals surface area contributed by atoms with Gasteiger partial charge in [0.05, 0.1) is 7.11 Å². The third kappa shape index (κ3) is 2.92. The first-order valence-electron chi connectivity index (χ1n) is 5.43. The van der Waals surface area contributed by atoms with Crippen LogP contribution in [-0.4, -0.2) is 40.8 Å². The average Bonchev–Trinajstić information content (AvgIpc) is 2.94. The Hall–Kier alpha value is -1.76. The van der Waals surface area contributed by atoms with E-state index in [0.29, 0.717) is 5.69 Å². The number of nitrogens with zero attached hydrogens (tertiary/aromatic N) is 2. The third-order valence-corrected chi connectivity index (χ3v) is 3.34. The van der Waals surface area contributed by atoms with Crippen molar-refractivity contribution < 1.29 is 14.3 Å². The van der Waals surface area contributed by atoms with Crippen molar-refractivity contribution in [3.63, 3.8) is 0 Å². The summed E-state index contributed by atoms with van der Waals surface area (Å²) in [6, 6.07) is 0. The summed E-state index contributed by atoms with van der Waals surface area (Å²) in [5.74, 6) is 0.320. The first-order chi connectivity index (χ1) is 8.70. The summed E-state index contributed by atoms with van der Waals surface area (Å²) in [5, 5.41) is 3.53. The zero-order chi connectivity index (χ0) is 13.0. The number of fused-ring (bicyclic) bond motifs is 1. The highest BCUT2D eigenvalue weighted by Gasteiger charge is 2.17. The lowest BCUT2D eigenvalue weighted by atomic mass is 10.4. The predicted octanol–water partition coefficient (Wildman–Crippen LogP) is 0.448. The fourth-order valence-corrected chi connectivity index (χ4v) is 2.43. The van der Waals surface area contributed by atoms with Crippen molar-refractivity contribution in [1.82, 2.24) is 14.9 Å². The molecular weight excluding hydrogens is 254 g/mol. The number of hydrogen-bond donors (Lipinski definition) is 1. The van der Waals surface area contributed by atoms with E-state index in [1.165, 1.54) is 19.3 Å². The fraction of sp³-hybridized carbons (Fsp3) is 0.364. The summed E-state index contributed by atoms with van der Waals surface area (Å²) >= 11 is 1.64. The molecule has 0 unspecified atom stereocenters. The molecule has 1 aliphatic heterocycles. The number of methoxy groups -OCH3 is 1. The highest BCUT2D eigenvalue weighted by Crippen LogP contribution is 2.24. The van der Waals surface area contributed by atoms with Crippen molar-refractivity contribution in [2.75, 3.05) is 19.4 Å². The van der Waals surface area contributed by atoms with Gasteiger partial charge in [0.25, 0.3) is 5.91 Å². The van der Waals surface area contributed by atoms with Crippen LogP contribution in [0.4, 0.5) is 0 Å². The highest BCUT2D eigenvalue weighted by molar-refractivity contribution is 7.99. The quantitative estimate of drug-likeness (QED) is 0.633. The first kappa shape index (κ1) is 12.7. The number of ether oxygens (including phenoxy) is 1. The second-order valence-electron chi connectivity index (χ2n) is 3.59. The fourth-order valence-electron chi connectivity index (χ4n) is 1.48. The van der Waals surface area contributed by atoms with Crippen LogP contribution in [-0.2, 0) is 16.1 Å². The largest absolute Gasteiger partial charge is 0.466 e. The molecule has 0 fully saturated rings. The second-order valence-corrected chi connectivity index (χ2v) is 4.65. The van der Waals surface area contributed by atoms with Gasteiger partial charge in [-0.1, -0.05) is 17.8 Å². The van der Waals surface area contributed by atoms with Gasteiger partial charge < -0.3 is 14.6 Å². The molecule has 0 saturated heterocycles. The van der Waals surface area contributed by atoms with Gasteiger partial charge in [0.2, 0.25) is 0 Å². The van der Waals surface area contributed by atoms with E-state index in [4.69, 9.17) is 0 Å². The number of esters is 1. The van der Waals surface area contributed by atoms with E-state index in [1.54, 1.807) is 18.0 Å². The molecule has 0 radical (unpaired) electrons.